The second-order valence-corrected chi connectivity index (χ2v) is 4.43. The number of allylic oxidation sites excluding steroid dienone is 2. The van der Waals surface area contributed by atoms with Crippen LogP contribution in [0.25, 0.3) is 0 Å². The Morgan fingerprint density at radius 1 is 1.25 bits per heavy atom. The third kappa shape index (κ3) is 2.29. The van der Waals surface area contributed by atoms with Crippen LogP contribution in [-0.2, 0) is 20.5 Å². The zero-order valence-corrected chi connectivity index (χ0v) is 10.8. The van der Waals surface area contributed by atoms with Crippen molar-refractivity contribution < 1.29 is 0 Å². The van der Waals surface area contributed by atoms with Crippen LogP contribution in [0.5, 0.6) is 0 Å². The van der Waals surface area contributed by atoms with Crippen molar-refractivity contribution in [3.05, 3.63) is 38.2 Å². The highest BCUT2D eigenvalue weighted by Crippen LogP contribution is 2.08. The topological polar surface area (TPSA) is 44.0 Å². The quantitative estimate of drug-likeness (QED) is 0.616. The molecule has 0 amide bonds. The largest absolute Gasteiger partial charge is 0.330 e. The van der Waals surface area contributed by atoms with Gasteiger partial charge in [-0.1, -0.05) is 11.6 Å². The zero-order chi connectivity index (χ0) is 12.5. The molecule has 0 fully saturated rings. The second-order valence-electron chi connectivity index (χ2n) is 3.99. The van der Waals surface area contributed by atoms with Crippen LogP contribution >= 0.6 is 12.6 Å². The first-order valence-electron chi connectivity index (χ1n) is 4.97. The Morgan fingerprint density at radius 3 is 2.31 bits per heavy atom. The summed E-state index contributed by atoms with van der Waals surface area (Å²) in [6.45, 7) is 3.94. The van der Waals surface area contributed by atoms with Crippen molar-refractivity contribution in [3.8, 4) is 0 Å². The Labute approximate surface area is 99.6 Å². The molecule has 0 radical (unpaired) electrons. The van der Waals surface area contributed by atoms with E-state index in [1.54, 1.807) is 7.05 Å². The fraction of sp³-hybridized carbons (Fsp3) is 0.455. The van der Waals surface area contributed by atoms with Crippen LogP contribution in [0.15, 0.2) is 26.1 Å². The van der Waals surface area contributed by atoms with E-state index >= 15 is 0 Å². The molecule has 1 aromatic rings. The Morgan fingerprint density at radius 2 is 1.81 bits per heavy atom. The minimum Gasteiger partial charge on any atom is -0.299 e. The van der Waals surface area contributed by atoms with Gasteiger partial charge in [-0.15, -0.1) is 12.6 Å². The molecule has 0 atom stereocenters. The first kappa shape index (κ1) is 12.8. The van der Waals surface area contributed by atoms with Crippen molar-refractivity contribution in [1.82, 2.24) is 9.13 Å². The molecule has 0 aliphatic rings. The summed E-state index contributed by atoms with van der Waals surface area (Å²) in [5.41, 5.74) is 1.13. The smallest absolute Gasteiger partial charge is 0.299 e. The van der Waals surface area contributed by atoms with E-state index in [2.05, 4.69) is 12.6 Å². The SMILES string of the molecule is CC(C)=CCc1c(S)c(=O)n(C)c(=O)n1C. The van der Waals surface area contributed by atoms with E-state index in [1.807, 2.05) is 19.9 Å². The van der Waals surface area contributed by atoms with Gasteiger partial charge in [-0.3, -0.25) is 13.9 Å². The van der Waals surface area contributed by atoms with Gasteiger partial charge in [0.05, 0.1) is 4.90 Å². The lowest BCUT2D eigenvalue weighted by Gasteiger charge is -2.10. The summed E-state index contributed by atoms with van der Waals surface area (Å²) in [7, 11) is 3.10. The molecular formula is C11H16N2O2S. The van der Waals surface area contributed by atoms with Crippen LogP contribution in [0.4, 0.5) is 0 Å². The summed E-state index contributed by atoms with van der Waals surface area (Å²) < 4.78 is 2.53. The summed E-state index contributed by atoms with van der Waals surface area (Å²) >= 11 is 4.18. The van der Waals surface area contributed by atoms with Gasteiger partial charge < -0.3 is 0 Å². The van der Waals surface area contributed by atoms with E-state index in [4.69, 9.17) is 0 Å². The van der Waals surface area contributed by atoms with Crippen LogP contribution in [0.1, 0.15) is 19.5 Å². The summed E-state index contributed by atoms with van der Waals surface area (Å²) in [5.74, 6) is 0. The van der Waals surface area contributed by atoms with Gasteiger partial charge in [0.15, 0.2) is 0 Å². The lowest BCUT2D eigenvalue weighted by molar-refractivity contribution is 0.632. The Balaban J connectivity index is 3.47. The molecule has 0 saturated heterocycles. The number of rotatable bonds is 2. The normalized spacial score (nSPS) is 10.3. The fourth-order valence-corrected chi connectivity index (χ4v) is 1.79. The molecule has 1 rings (SSSR count). The highest BCUT2D eigenvalue weighted by atomic mass is 32.1. The van der Waals surface area contributed by atoms with Gasteiger partial charge in [0.1, 0.15) is 0 Å². The average molecular weight is 240 g/mol. The molecule has 4 nitrogen and oxygen atoms in total. The number of aromatic nitrogens is 2. The van der Waals surface area contributed by atoms with Gasteiger partial charge in [-0.2, -0.15) is 0 Å². The molecule has 1 heterocycles. The maximum absolute atomic E-state index is 11.7. The van der Waals surface area contributed by atoms with E-state index in [0.717, 1.165) is 10.1 Å². The summed E-state index contributed by atoms with van der Waals surface area (Å²) in [5, 5.41) is 0. The summed E-state index contributed by atoms with van der Waals surface area (Å²) in [6.07, 6.45) is 2.51. The highest BCUT2D eigenvalue weighted by molar-refractivity contribution is 7.80. The highest BCUT2D eigenvalue weighted by Gasteiger charge is 2.11. The standard InChI is InChI=1S/C11H16N2O2S/c1-7(2)5-6-8-9(16)10(14)13(4)11(15)12(8)3/h5,16H,6H2,1-4H3. The molecule has 0 saturated carbocycles. The maximum Gasteiger partial charge on any atom is 0.330 e. The predicted molar refractivity (Wildman–Crippen MR) is 67.3 cm³/mol. The molecule has 0 N–H and O–H groups in total. The number of hydrogen-bond acceptors (Lipinski definition) is 3. The van der Waals surface area contributed by atoms with Crippen LogP contribution in [-0.4, -0.2) is 9.13 Å². The first-order chi connectivity index (χ1) is 7.36. The number of nitrogens with zero attached hydrogens (tertiary/aromatic N) is 2. The molecule has 0 spiro atoms. The van der Waals surface area contributed by atoms with Gasteiger partial charge >= 0.3 is 5.69 Å². The molecule has 0 aliphatic heterocycles. The minimum atomic E-state index is -0.344. The van der Waals surface area contributed by atoms with Crippen LogP contribution in [0.3, 0.4) is 0 Å². The van der Waals surface area contributed by atoms with Crippen LogP contribution < -0.4 is 11.2 Å². The van der Waals surface area contributed by atoms with Gasteiger partial charge in [-0.25, -0.2) is 4.79 Å². The summed E-state index contributed by atoms with van der Waals surface area (Å²) in [6, 6.07) is 0. The van der Waals surface area contributed by atoms with Crippen molar-refractivity contribution in [2.45, 2.75) is 25.2 Å². The van der Waals surface area contributed by atoms with Gasteiger partial charge in [-0.05, 0) is 13.8 Å². The van der Waals surface area contributed by atoms with E-state index in [9.17, 15) is 9.59 Å². The fourth-order valence-electron chi connectivity index (χ4n) is 1.40. The van der Waals surface area contributed by atoms with E-state index in [0.29, 0.717) is 17.0 Å². The molecular weight excluding hydrogens is 224 g/mol. The molecule has 88 valence electrons. The number of hydrogen-bond donors (Lipinski definition) is 1. The first-order valence-corrected chi connectivity index (χ1v) is 5.42. The van der Waals surface area contributed by atoms with Crippen molar-refractivity contribution in [3.63, 3.8) is 0 Å². The van der Waals surface area contributed by atoms with Crippen molar-refractivity contribution >= 4 is 12.6 Å². The Bertz CT molecular complexity index is 511. The van der Waals surface area contributed by atoms with Crippen LogP contribution in [0, 0.1) is 0 Å². The Kier molecular flexibility index (Phi) is 3.80. The third-order valence-corrected chi connectivity index (χ3v) is 2.91. The molecule has 16 heavy (non-hydrogen) atoms. The molecule has 0 aliphatic carbocycles. The molecule has 1 aromatic heterocycles. The van der Waals surface area contributed by atoms with Gasteiger partial charge in [0.25, 0.3) is 5.56 Å². The third-order valence-electron chi connectivity index (χ3n) is 2.46. The van der Waals surface area contributed by atoms with Gasteiger partial charge in [0.2, 0.25) is 0 Å². The van der Waals surface area contributed by atoms with E-state index in [-0.39, 0.29) is 11.2 Å². The summed E-state index contributed by atoms with van der Waals surface area (Å²) in [4.78, 5) is 23.7. The second kappa shape index (κ2) is 4.74. The van der Waals surface area contributed by atoms with Crippen molar-refractivity contribution in [2.24, 2.45) is 14.1 Å². The zero-order valence-electron chi connectivity index (χ0n) is 9.94. The lowest BCUT2D eigenvalue weighted by Crippen LogP contribution is -2.39. The minimum absolute atomic E-state index is 0.319. The van der Waals surface area contributed by atoms with Crippen LogP contribution in [0.2, 0.25) is 0 Å². The van der Waals surface area contributed by atoms with Gasteiger partial charge in [0, 0.05) is 26.2 Å². The lowest BCUT2D eigenvalue weighted by atomic mass is 10.2. The number of thiol groups is 1. The van der Waals surface area contributed by atoms with E-state index < -0.39 is 0 Å². The van der Waals surface area contributed by atoms with E-state index in [1.165, 1.54) is 11.6 Å². The van der Waals surface area contributed by atoms with Crippen molar-refractivity contribution in [2.75, 3.05) is 0 Å². The monoisotopic (exact) mass is 240 g/mol. The predicted octanol–water partition coefficient (Wildman–Crippen LogP) is 0.881. The molecule has 0 bridgehead atoms. The molecule has 0 aromatic carbocycles. The maximum atomic E-state index is 11.7. The molecule has 5 heteroatoms. The molecule has 0 unspecified atom stereocenters. The Hall–Kier alpha value is -1.23. The average Bonchev–Trinajstić information content (AvgIpc) is 2.23. The van der Waals surface area contributed by atoms with Crippen molar-refractivity contribution in [1.29, 1.82) is 0 Å².